The maximum Gasteiger partial charge on any atom is 0.194 e. The lowest BCUT2D eigenvalue weighted by atomic mass is 10.3. The van der Waals surface area contributed by atoms with Crippen molar-refractivity contribution < 1.29 is 5.11 Å². The van der Waals surface area contributed by atoms with Crippen LogP contribution < -0.4 is 5.32 Å². The Kier molecular flexibility index (Phi) is 4.63. The summed E-state index contributed by atoms with van der Waals surface area (Å²) in [4.78, 5) is 11.3. The molecule has 1 aliphatic heterocycles. The van der Waals surface area contributed by atoms with Crippen LogP contribution in [0.3, 0.4) is 0 Å². The van der Waals surface area contributed by atoms with Crippen LogP contribution in [-0.2, 0) is 6.54 Å². The molecule has 1 aliphatic rings. The Morgan fingerprint density at radius 2 is 2.36 bits per heavy atom. The minimum atomic E-state index is -0.253. The Labute approximate surface area is 138 Å². The largest absolute Gasteiger partial charge is 0.391 e. The minimum Gasteiger partial charge on any atom is -0.391 e. The number of β-amino-alcohol motifs (C(OH)–C–C–N with tert-alkyl or cyclic N) is 1. The van der Waals surface area contributed by atoms with Gasteiger partial charge in [-0.15, -0.1) is 0 Å². The number of likely N-dealkylation sites (tertiary alicyclic amines) is 1. The summed E-state index contributed by atoms with van der Waals surface area (Å²) in [7, 11) is 0. The molecule has 2 N–H and O–H groups in total. The predicted molar refractivity (Wildman–Crippen MR) is 89.9 cm³/mol. The van der Waals surface area contributed by atoms with Crippen molar-refractivity contribution in [2.75, 3.05) is 19.6 Å². The second-order valence-electron chi connectivity index (χ2n) is 5.40. The number of aliphatic imine (C=N–C) groups is 1. The first-order valence-corrected chi connectivity index (χ1v) is 8.29. The van der Waals surface area contributed by atoms with Gasteiger partial charge in [-0.25, -0.2) is 9.98 Å². The molecule has 0 amide bonds. The SMILES string of the molecule is CCNC(=NCc1cn2cc(Br)ccc2n1)N1CC[C@@H](O)C1. The van der Waals surface area contributed by atoms with Gasteiger partial charge in [-0.2, -0.15) is 0 Å². The topological polar surface area (TPSA) is 65.2 Å². The second-order valence-corrected chi connectivity index (χ2v) is 6.32. The molecule has 0 unspecified atom stereocenters. The highest BCUT2D eigenvalue weighted by Gasteiger charge is 2.22. The fourth-order valence-corrected chi connectivity index (χ4v) is 2.96. The Morgan fingerprint density at radius 3 is 3.09 bits per heavy atom. The van der Waals surface area contributed by atoms with Gasteiger partial charge in [0.25, 0.3) is 0 Å². The third-order valence-electron chi connectivity index (χ3n) is 3.65. The number of imidazole rings is 1. The van der Waals surface area contributed by atoms with Crippen LogP contribution >= 0.6 is 15.9 Å². The molecular formula is C15H20BrN5O. The summed E-state index contributed by atoms with van der Waals surface area (Å²) in [5.74, 6) is 0.845. The van der Waals surface area contributed by atoms with Crippen molar-refractivity contribution in [1.29, 1.82) is 0 Å². The summed E-state index contributed by atoms with van der Waals surface area (Å²) in [5, 5.41) is 13.0. The number of hydrogen-bond donors (Lipinski definition) is 2. The van der Waals surface area contributed by atoms with Gasteiger partial charge in [0.1, 0.15) is 5.65 Å². The highest BCUT2D eigenvalue weighted by Crippen LogP contribution is 2.13. The van der Waals surface area contributed by atoms with Crippen LogP contribution in [0.5, 0.6) is 0 Å². The first-order valence-electron chi connectivity index (χ1n) is 7.50. The number of fused-ring (bicyclic) bond motifs is 1. The van der Waals surface area contributed by atoms with Crippen LogP contribution in [0.1, 0.15) is 19.0 Å². The van der Waals surface area contributed by atoms with Crippen molar-refractivity contribution in [3.8, 4) is 0 Å². The van der Waals surface area contributed by atoms with Gasteiger partial charge in [-0.1, -0.05) is 0 Å². The molecule has 3 heterocycles. The van der Waals surface area contributed by atoms with Gasteiger partial charge in [0.15, 0.2) is 5.96 Å². The molecule has 0 aromatic carbocycles. The normalized spacial score (nSPS) is 19.1. The molecule has 0 bridgehead atoms. The zero-order valence-corrected chi connectivity index (χ0v) is 14.1. The van der Waals surface area contributed by atoms with Gasteiger partial charge in [-0.05, 0) is 41.4 Å². The summed E-state index contributed by atoms with van der Waals surface area (Å²) in [5.41, 5.74) is 1.84. The van der Waals surface area contributed by atoms with Crippen molar-refractivity contribution in [1.82, 2.24) is 19.6 Å². The quantitative estimate of drug-likeness (QED) is 0.640. The second kappa shape index (κ2) is 6.66. The number of aliphatic hydroxyl groups is 1. The van der Waals surface area contributed by atoms with Crippen molar-refractivity contribution in [3.63, 3.8) is 0 Å². The summed E-state index contributed by atoms with van der Waals surface area (Å²) < 4.78 is 3.01. The third kappa shape index (κ3) is 3.41. The summed E-state index contributed by atoms with van der Waals surface area (Å²) in [6, 6.07) is 3.95. The van der Waals surface area contributed by atoms with Crippen LogP contribution in [0.4, 0.5) is 0 Å². The molecular weight excluding hydrogens is 346 g/mol. The van der Waals surface area contributed by atoms with E-state index >= 15 is 0 Å². The number of halogens is 1. The molecule has 0 aliphatic carbocycles. The highest BCUT2D eigenvalue weighted by atomic mass is 79.9. The lowest BCUT2D eigenvalue weighted by Gasteiger charge is -2.20. The van der Waals surface area contributed by atoms with E-state index in [1.54, 1.807) is 0 Å². The Bertz CT molecular complexity index is 684. The van der Waals surface area contributed by atoms with Gasteiger partial charge in [0, 0.05) is 36.5 Å². The molecule has 3 rings (SSSR count). The lowest BCUT2D eigenvalue weighted by molar-refractivity contribution is 0.188. The summed E-state index contributed by atoms with van der Waals surface area (Å²) >= 11 is 3.46. The highest BCUT2D eigenvalue weighted by molar-refractivity contribution is 9.10. The number of aliphatic hydroxyl groups excluding tert-OH is 1. The molecule has 7 heteroatoms. The van der Waals surface area contributed by atoms with Gasteiger partial charge in [-0.3, -0.25) is 0 Å². The average molecular weight is 366 g/mol. The summed E-state index contributed by atoms with van der Waals surface area (Å²) in [6.45, 7) is 4.86. The molecule has 1 atom stereocenters. The Morgan fingerprint density at radius 1 is 1.50 bits per heavy atom. The molecule has 2 aromatic rings. The fourth-order valence-electron chi connectivity index (χ4n) is 2.61. The van der Waals surface area contributed by atoms with E-state index in [1.807, 2.05) is 35.9 Å². The molecule has 0 spiro atoms. The first-order chi connectivity index (χ1) is 10.7. The van der Waals surface area contributed by atoms with Gasteiger partial charge < -0.3 is 19.7 Å². The van der Waals surface area contributed by atoms with Gasteiger partial charge in [0.2, 0.25) is 0 Å². The number of nitrogens with zero attached hydrogens (tertiary/aromatic N) is 4. The van der Waals surface area contributed by atoms with Crippen molar-refractivity contribution in [2.45, 2.75) is 26.0 Å². The lowest BCUT2D eigenvalue weighted by Crippen LogP contribution is -2.40. The fraction of sp³-hybridized carbons (Fsp3) is 0.467. The van der Waals surface area contributed by atoms with E-state index in [9.17, 15) is 5.11 Å². The van der Waals surface area contributed by atoms with E-state index in [0.29, 0.717) is 13.1 Å². The Balaban J connectivity index is 1.76. The van der Waals surface area contributed by atoms with Crippen LogP contribution in [0.25, 0.3) is 5.65 Å². The molecule has 6 nitrogen and oxygen atoms in total. The van der Waals surface area contributed by atoms with E-state index in [4.69, 9.17) is 0 Å². The number of hydrogen-bond acceptors (Lipinski definition) is 3. The summed E-state index contributed by atoms with van der Waals surface area (Å²) in [6.07, 6.45) is 4.52. The van der Waals surface area contributed by atoms with Crippen LogP contribution in [0.15, 0.2) is 34.0 Å². The maximum atomic E-state index is 9.68. The maximum absolute atomic E-state index is 9.68. The van der Waals surface area contributed by atoms with Crippen molar-refractivity contribution in [3.05, 3.63) is 34.7 Å². The molecule has 0 radical (unpaired) electrons. The molecule has 1 saturated heterocycles. The van der Waals surface area contributed by atoms with Crippen molar-refractivity contribution >= 4 is 27.5 Å². The van der Waals surface area contributed by atoms with Crippen LogP contribution in [-0.4, -0.2) is 51.1 Å². The Hall–Kier alpha value is -1.60. The molecule has 22 heavy (non-hydrogen) atoms. The number of aromatic nitrogens is 2. The smallest absolute Gasteiger partial charge is 0.194 e. The zero-order valence-electron chi connectivity index (χ0n) is 12.5. The van der Waals surface area contributed by atoms with Crippen LogP contribution in [0.2, 0.25) is 0 Å². The average Bonchev–Trinajstić information content (AvgIpc) is 3.09. The molecule has 1 fully saturated rings. The monoisotopic (exact) mass is 365 g/mol. The number of rotatable bonds is 3. The third-order valence-corrected chi connectivity index (χ3v) is 4.12. The molecule has 118 valence electrons. The van der Waals surface area contributed by atoms with E-state index in [2.05, 4.69) is 36.1 Å². The van der Waals surface area contributed by atoms with E-state index in [0.717, 1.165) is 41.3 Å². The minimum absolute atomic E-state index is 0.253. The molecule has 0 saturated carbocycles. The zero-order chi connectivity index (χ0) is 15.5. The first kappa shape index (κ1) is 15.3. The van der Waals surface area contributed by atoms with Gasteiger partial charge >= 0.3 is 0 Å². The number of guanidine groups is 1. The number of pyridine rings is 1. The standard InChI is InChI=1S/C15H20BrN5O/c1-2-17-15(20-6-5-13(22)10-20)18-7-12-9-21-8-11(16)3-4-14(21)19-12/h3-4,8-9,13,22H,2,5-7,10H2,1H3,(H,17,18)/t13-/m1/s1. The van der Waals surface area contributed by atoms with Gasteiger partial charge in [0.05, 0.1) is 18.3 Å². The van der Waals surface area contributed by atoms with Crippen LogP contribution in [0, 0.1) is 0 Å². The van der Waals surface area contributed by atoms with E-state index in [1.165, 1.54) is 0 Å². The molecule has 2 aromatic heterocycles. The number of nitrogens with one attached hydrogen (secondary N) is 1. The van der Waals surface area contributed by atoms with Crippen molar-refractivity contribution in [2.24, 2.45) is 4.99 Å². The predicted octanol–water partition coefficient (Wildman–Crippen LogP) is 1.63. The van der Waals surface area contributed by atoms with E-state index < -0.39 is 0 Å². The van der Waals surface area contributed by atoms with E-state index in [-0.39, 0.29) is 6.10 Å².